The molecule has 108 valence electrons. The molecule has 1 aliphatic rings. The first kappa shape index (κ1) is 14.4. The van der Waals surface area contributed by atoms with E-state index in [1.165, 1.54) is 22.5 Å². The molecule has 0 saturated heterocycles. The maximum absolute atomic E-state index is 9.08. The van der Waals surface area contributed by atoms with Crippen LogP contribution in [0.5, 0.6) is 0 Å². The van der Waals surface area contributed by atoms with Crippen molar-refractivity contribution in [1.82, 2.24) is 9.88 Å². The van der Waals surface area contributed by atoms with Crippen LogP contribution in [0.3, 0.4) is 0 Å². The van der Waals surface area contributed by atoms with Crippen molar-refractivity contribution < 1.29 is 5.11 Å². The fourth-order valence-corrected chi connectivity index (χ4v) is 4.55. The number of thiazole rings is 1. The van der Waals surface area contributed by atoms with Gasteiger partial charge in [0.1, 0.15) is 0 Å². The summed E-state index contributed by atoms with van der Waals surface area (Å²) >= 11 is 5.33. The molecule has 0 amide bonds. The normalized spacial score (nSPS) is 22.4. The van der Waals surface area contributed by atoms with E-state index in [1.54, 1.807) is 0 Å². The highest BCUT2D eigenvalue weighted by Gasteiger charge is 2.35. The zero-order valence-corrected chi connectivity index (χ0v) is 14.0. The van der Waals surface area contributed by atoms with Crippen LogP contribution < -0.4 is 0 Å². The molecule has 1 heterocycles. The average Bonchev–Trinajstić information content (AvgIpc) is 2.78. The Kier molecular flexibility index (Phi) is 4.40. The average molecular weight is 355 g/mol. The topological polar surface area (TPSA) is 36.4 Å². The number of nitrogens with zero attached hydrogens (tertiary/aromatic N) is 2. The highest BCUT2D eigenvalue weighted by Crippen LogP contribution is 2.42. The van der Waals surface area contributed by atoms with Crippen LogP contribution in [0.15, 0.2) is 22.7 Å². The molecule has 1 saturated carbocycles. The number of halogens is 1. The summed E-state index contributed by atoms with van der Waals surface area (Å²) in [6.07, 6.45) is 2.35. The summed E-state index contributed by atoms with van der Waals surface area (Å²) in [5.41, 5.74) is 1.11. The maximum atomic E-state index is 9.08. The Balaban J connectivity index is 1.69. The molecule has 5 heteroatoms. The van der Waals surface area contributed by atoms with Crippen molar-refractivity contribution in [2.24, 2.45) is 0 Å². The van der Waals surface area contributed by atoms with Gasteiger partial charge < -0.3 is 5.11 Å². The highest BCUT2D eigenvalue weighted by atomic mass is 79.9. The van der Waals surface area contributed by atoms with Crippen molar-refractivity contribution >= 4 is 37.5 Å². The number of aliphatic hydroxyl groups is 1. The summed E-state index contributed by atoms with van der Waals surface area (Å²) in [7, 11) is 0. The molecular formula is C15H19BrN2OS. The first-order valence-electron chi connectivity index (χ1n) is 7.12. The van der Waals surface area contributed by atoms with Crippen LogP contribution in [0.25, 0.3) is 10.2 Å². The van der Waals surface area contributed by atoms with Gasteiger partial charge in [0.05, 0.1) is 21.8 Å². The summed E-state index contributed by atoms with van der Waals surface area (Å²) in [5, 5.41) is 10.4. The Hall–Kier alpha value is -0.490. The largest absolute Gasteiger partial charge is 0.395 e. The summed E-state index contributed by atoms with van der Waals surface area (Å²) in [5.74, 6) is 0.601. The molecule has 20 heavy (non-hydrogen) atoms. The minimum atomic E-state index is 0.254. The van der Waals surface area contributed by atoms with Crippen molar-refractivity contribution in [2.75, 3.05) is 19.7 Å². The van der Waals surface area contributed by atoms with Gasteiger partial charge in [0.25, 0.3) is 0 Å². The molecule has 0 aliphatic heterocycles. The monoisotopic (exact) mass is 354 g/mol. The number of hydrogen-bond donors (Lipinski definition) is 1. The van der Waals surface area contributed by atoms with E-state index in [2.05, 4.69) is 46.0 Å². The van der Waals surface area contributed by atoms with Crippen molar-refractivity contribution in [3.63, 3.8) is 0 Å². The standard InChI is InChI=1S/C15H19BrN2OS/c1-2-18(5-6-19)12-7-10(8-12)15-17-13-4-3-11(16)9-14(13)20-15/h3-4,9-10,12,19H,2,5-8H2,1H3/t10-,12-. The van der Waals surface area contributed by atoms with Crippen LogP contribution in [-0.2, 0) is 0 Å². The van der Waals surface area contributed by atoms with E-state index in [4.69, 9.17) is 10.1 Å². The van der Waals surface area contributed by atoms with E-state index in [0.717, 1.165) is 23.1 Å². The number of fused-ring (bicyclic) bond motifs is 1. The number of likely N-dealkylation sites (N-methyl/N-ethyl adjacent to an activating group) is 1. The van der Waals surface area contributed by atoms with E-state index < -0.39 is 0 Å². The number of aromatic nitrogens is 1. The van der Waals surface area contributed by atoms with Gasteiger partial charge in [-0.25, -0.2) is 4.98 Å². The van der Waals surface area contributed by atoms with E-state index in [9.17, 15) is 0 Å². The van der Waals surface area contributed by atoms with Gasteiger partial charge >= 0.3 is 0 Å². The molecule has 0 spiro atoms. The van der Waals surface area contributed by atoms with Gasteiger partial charge in [0, 0.05) is 23.0 Å². The molecule has 0 bridgehead atoms. The van der Waals surface area contributed by atoms with Crippen molar-refractivity contribution in [2.45, 2.75) is 31.7 Å². The molecule has 1 aromatic carbocycles. The Bertz CT molecular complexity index is 595. The Morgan fingerprint density at radius 1 is 1.45 bits per heavy atom. The molecule has 1 N–H and O–H groups in total. The second-order valence-corrected chi connectivity index (χ2v) is 7.32. The minimum Gasteiger partial charge on any atom is -0.395 e. The lowest BCUT2D eigenvalue weighted by Crippen LogP contribution is -2.44. The third kappa shape index (κ3) is 2.77. The highest BCUT2D eigenvalue weighted by molar-refractivity contribution is 9.10. The molecule has 0 atom stereocenters. The smallest absolute Gasteiger partial charge is 0.0970 e. The van der Waals surface area contributed by atoms with Crippen LogP contribution >= 0.6 is 27.3 Å². The van der Waals surface area contributed by atoms with Crippen LogP contribution in [-0.4, -0.2) is 40.7 Å². The van der Waals surface area contributed by atoms with Gasteiger partial charge in [-0.1, -0.05) is 22.9 Å². The number of hydrogen-bond acceptors (Lipinski definition) is 4. The number of benzene rings is 1. The fourth-order valence-electron chi connectivity index (χ4n) is 2.91. The lowest BCUT2D eigenvalue weighted by molar-refractivity contribution is 0.0923. The first-order chi connectivity index (χ1) is 9.71. The number of rotatable bonds is 5. The third-order valence-corrected chi connectivity index (χ3v) is 5.81. The van der Waals surface area contributed by atoms with Gasteiger partial charge in [-0.05, 0) is 37.6 Å². The van der Waals surface area contributed by atoms with Gasteiger partial charge in [-0.2, -0.15) is 0 Å². The number of aliphatic hydroxyl groups excluding tert-OH is 1. The summed E-state index contributed by atoms with van der Waals surface area (Å²) in [6, 6.07) is 6.90. The molecule has 1 fully saturated rings. The summed E-state index contributed by atoms with van der Waals surface area (Å²) in [4.78, 5) is 7.15. The molecule has 3 nitrogen and oxygen atoms in total. The summed E-state index contributed by atoms with van der Waals surface area (Å²) < 4.78 is 2.38. The predicted octanol–water partition coefficient (Wildman–Crippen LogP) is 3.62. The SMILES string of the molecule is CCN(CCO)[C@H]1C[C@H](c2nc3ccc(Br)cc3s2)C1. The maximum Gasteiger partial charge on any atom is 0.0970 e. The molecule has 1 aromatic heterocycles. The van der Waals surface area contributed by atoms with Crippen molar-refractivity contribution in [1.29, 1.82) is 0 Å². The molecular weight excluding hydrogens is 336 g/mol. The molecule has 0 unspecified atom stereocenters. The quantitative estimate of drug-likeness (QED) is 0.890. The van der Waals surface area contributed by atoms with Crippen LogP contribution in [0, 0.1) is 0 Å². The van der Waals surface area contributed by atoms with Crippen molar-refractivity contribution in [3.05, 3.63) is 27.7 Å². The van der Waals surface area contributed by atoms with Gasteiger partial charge in [0.15, 0.2) is 0 Å². The van der Waals surface area contributed by atoms with E-state index in [-0.39, 0.29) is 6.61 Å². The first-order valence-corrected chi connectivity index (χ1v) is 8.73. The lowest BCUT2D eigenvalue weighted by atomic mass is 9.79. The van der Waals surface area contributed by atoms with Crippen molar-refractivity contribution in [3.8, 4) is 0 Å². The minimum absolute atomic E-state index is 0.254. The van der Waals surface area contributed by atoms with Gasteiger partial charge in [0.2, 0.25) is 0 Å². The lowest BCUT2D eigenvalue weighted by Gasteiger charge is -2.41. The molecule has 3 rings (SSSR count). The molecule has 0 radical (unpaired) electrons. The predicted molar refractivity (Wildman–Crippen MR) is 87.4 cm³/mol. The van der Waals surface area contributed by atoms with E-state index in [0.29, 0.717) is 12.0 Å². The Morgan fingerprint density at radius 3 is 2.95 bits per heavy atom. The molecule has 1 aliphatic carbocycles. The zero-order chi connectivity index (χ0) is 14.1. The van der Waals surface area contributed by atoms with Crippen LogP contribution in [0.1, 0.15) is 30.7 Å². The second kappa shape index (κ2) is 6.10. The van der Waals surface area contributed by atoms with Gasteiger partial charge in [-0.3, -0.25) is 4.90 Å². The van der Waals surface area contributed by atoms with Crippen LogP contribution in [0.4, 0.5) is 0 Å². The van der Waals surface area contributed by atoms with E-state index in [1.807, 2.05) is 11.3 Å². The third-order valence-electron chi connectivity index (χ3n) is 4.14. The van der Waals surface area contributed by atoms with E-state index >= 15 is 0 Å². The van der Waals surface area contributed by atoms with Gasteiger partial charge in [-0.15, -0.1) is 11.3 Å². The Labute approximate surface area is 131 Å². The summed E-state index contributed by atoms with van der Waals surface area (Å²) in [6.45, 7) is 4.23. The fraction of sp³-hybridized carbons (Fsp3) is 0.533. The zero-order valence-electron chi connectivity index (χ0n) is 11.6. The second-order valence-electron chi connectivity index (χ2n) is 5.34. The molecule has 2 aromatic rings. The Morgan fingerprint density at radius 2 is 2.25 bits per heavy atom. The van der Waals surface area contributed by atoms with Crippen LogP contribution in [0.2, 0.25) is 0 Å².